The Balaban J connectivity index is 1.36. The third-order valence-corrected chi connectivity index (χ3v) is 5.14. The van der Waals surface area contributed by atoms with Crippen molar-refractivity contribution in [3.8, 4) is 11.3 Å². The van der Waals surface area contributed by atoms with Crippen LogP contribution in [0.3, 0.4) is 0 Å². The summed E-state index contributed by atoms with van der Waals surface area (Å²) in [7, 11) is 0. The summed E-state index contributed by atoms with van der Waals surface area (Å²) in [6, 6.07) is 21.5. The molecule has 5 aromatic rings. The zero-order valence-corrected chi connectivity index (χ0v) is 17.8. The normalized spacial score (nSPS) is 10.6. The first-order chi connectivity index (χ1) is 16.7. The summed E-state index contributed by atoms with van der Waals surface area (Å²) in [4.78, 5) is 42.1. The summed E-state index contributed by atoms with van der Waals surface area (Å²) in [5.41, 5.74) is 3.68. The van der Waals surface area contributed by atoms with Crippen LogP contribution in [0.4, 0.5) is 11.5 Å². The Kier molecular flexibility index (Phi) is 5.69. The van der Waals surface area contributed by atoms with Crippen LogP contribution in [-0.2, 0) is 0 Å². The van der Waals surface area contributed by atoms with Crippen molar-refractivity contribution in [1.29, 1.82) is 0 Å². The Morgan fingerprint density at radius 2 is 1.65 bits per heavy atom. The van der Waals surface area contributed by atoms with Crippen LogP contribution in [-0.4, -0.2) is 31.8 Å². The van der Waals surface area contributed by atoms with Gasteiger partial charge in [0.25, 0.3) is 11.8 Å². The van der Waals surface area contributed by atoms with Crippen LogP contribution in [0, 0.1) is 0 Å². The number of benzene rings is 2. The molecular weight excluding hydrogens is 428 g/mol. The van der Waals surface area contributed by atoms with Crippen molar-refractivity contribution in [2.75, 3.05) is 10.6 Å². The number of pyridine rings is 2. The van der Waals surface area contributed by atoms with Crippen molar-refractivity contribution >= 4 is 34.2 Å². The van der Waals surface area contributed by atoms with E-state index >= 15 is 0 Å². The number of hydrogen-bond donors (Lipinski definition) is 2. The maximum atomic E-state index is 12.9. The number of fused-ring (bicyclic) bond motifs is 1. The molecule has 0 saturated carbocycles. The van der Waals surface area contributed by atoms with Gasteiger partial charge in [-0.25, -0.2) is 9.97 Å². The lowest BCUT2D eigenvalue weighted by atomic mass is 10.1. The monoisotopic (exact) mass is 446 g/mol. The minimum absolute atomic E-state index is 0.259. The fourth-order valence-corrected chi connectivity index (χ4v) is 3.52. The van der Waals surface area contributed by atoms with E-state index < -0.39 is 0 Å². The molecule has 0 spiro atoms. The Hall–Kier alpha value is -4.98. The second-order valence-electron chi connectivity index (χ2n) is 7.39. The number of carbonyl (C=O) groups is 2. The summed E-state index contributed by atoms with van der Waals surface area (Å²) in [5.74, 6) is -0.188. The second-order valence-corrected chi connectivity index (χ2v) is 7.39. The zero-order valence-electron chi connectivity index (χ0n) is 17.8. The van der Waals surface area contributed by atoms with E-state index in [0.29, 0.717) is 28.3 Å². The van der Waals surface area contributed by atoms with Crippen molar-refractivity contribution in [1.82, 2.24) is 19.9 Å². The molecule has 5 rings (SSSR count). The van der Waals surface area contributed by atoms with Gasteiger partial charge in [0.15, 0.2) is 0 Å². The number of nitrogens with zero attached hydrogens (tertiary/aromatic N) is 4. The van der Waals surface area contributed by atoms with Crippen molar-refractivity contribution < 1.29 is 9.59 Å². The van der Waals surface area contributed by atoms with Gasteiger partial charge in [-0.1, -0.05) is 30.3 Å². The predicted molar refractivity (Wildman–Crippen MR) is 129 cm³/mol. The van der Waals surface area contributed by atoms with Gasteiger partial charge in [-0.05, 0) is 36.4 Å². The maximum Gasteiger partial charge on any atom is 0.257 e. The number of carbonyl (C=O) groups excluding carboxylic acids is 2. The second kappa shape index (κ2) is 9.25. The molecule has 8 nitrogen and oxygen atoms in total. The van der Waals surface area contributed by atoms with Gasteiger partial charge in [-0.3, -0.25) is 19.6 Å². The summed E-state index contributed by atoms with van der Waals surface area (Å²) >= 11 is 0. The molecule has 8 heteroatoms. The first-order valence-electron chi connectivity index (χ1n) is 10.5. The molecule has 34 heavy (non-hydrogen) atoms. The number of para-hydroxylation sites is 1. The first kappa shape index (κ1) is 20.9. The van der Waals surface area contributed by atoms with E-state index in [-0.39, 0.29) is 11.8 Å². The van der Waals surface area contributed by atoms with Crippen molar-refractivity contribution in [2.24, 2.45) is 0 Å². The smallest absolute Gasteiger partial charge is 0.257 e. The minimum Gasteiger partial charge on any atom is -0.322 e. The number of hydrogen-bond acceptors (Lipinski definition) is 6. The minimum atomic E-state index is -0.291. The Bertz CT molecular complexity index is 1500. The Labute approximate surface area is 194 Å². The van der Waals surface area contributed by atoms with Gasteiger partial charge >= 0.3 is 0 Å². The highest BCUT2D eigenvalue weighted by atomic mass is 16.2. The van der Waals surface area contributed by atoms with Gasteiger partial charge in [0.05, 0.1) is 22.3 Å². The number of aromatic nitrogens is 4. The highest BCUT2D eigenvalue weighted by molar-refractivity contribution is 6.12. The lowest BCUT2D eigenvalue weighted by Gasteiger charge is -2.09. The lowest BCUT2D eigenvalue weighted by Crippen LogP contribution is -2.14. The van der Waals surface area contributed by atoms with Gasteiger partial charge in [-0.2, -0.15) is 0 Å². The van der Waals surface area contributed by atoms with Gasteiger partial charge in [0.1, 0.15) is 12.1 Å². The fourth-order valence-electron chi connectivity index (χ4n) is 3.52. The molecule has 2 aromatic carbocycles. The summed E-state index contributed by atoms with van der Waals surface area (Å²) in [5, 5.41) is 6.45. The third-order valence-electron chi connectivity index (χ3n) is 5.14. The van der Waals surface area contributed by atoms with E-state index in [2.05, 4.69) is 30.6 Å². The van der Waals surface area contributed by atoms with Crippen LogP contribution >= 0.6 is 0 Å². The van der Waals surface area contributed by atoms with E-state index in [0.717, 1.165) is 16.5 Å². The molecule has 0 aliphatic heterocycles. The quantitative estimate of drug-likeness (QED) is 0.409. The van der Waals surface area contributed by atoms with Crippen LogP contribution in [0.2, 0.25) is 0 Å². The van der Waals surface area contributed by atoms with Crippen molar-refractivity contribution in [3.63, 3.8) is 0 Å². The predicted octanol–water partition coefficient (Wildman–Crippen LogP) is 4.59. The SMILES string of the molecule is O=C(Nc1cccc(-c2cc(NC(=O)c3ccnc4ccccc34)ncn2)c1)c1cccnc1. The highest BCUT2D eigenvalue weighted by Gasteiger charge is 2.13. The molecule has 2 N–H and O–H groups in total. The van der Waals surface area contributed by atoms with Gasteiger partial charge in [0, 0.05) is 41.3 Å². The molecule has 164 valence electrons. The van der Waals surface area contributed by atoms with E-state index in [1.807, 2.05) is 36.4 Å². The molecule has 0 aliphatic carbocycles. The van der Waals surface area contributed by atoms with Crippen LogP contribution in [0.15, 0.2) is 97.7 Å². The lowest BCUT2D eigenvalue weighted by molar-refractivity contribution is 0.101. The molecule has 0 atom stereocenters. The standard InChI is InChI=1S/C26H18N6O2/c33-25(18-6-4-11-27-15-18)31-19-7-3-5-17(13-19)23-14-24(30-16-29-23)32-26(34)21-10-12-28-22-9-2-1-8-20(21)22/h1-16H,(H,31,33)(H,29,30,32,34). The summed E-state index contributed by atoms with van der Waals surface area (Å²) in [6.45, 7) is 0. The van der Waals surface area contributed by atoms with Crippen molar-refractivity contribution in [3.05, 3.63) is 109 Å². The topological polar surface area (TPSA) is 110 Å². The highest BCUT2D eigenvalue weighted by Crippen LogP contribution is 2.23. The molecule has 0 fully saturated rings. The molecule has 0 radical (unpaired) electrons. The van der Waals surface area contributed by atoms with Gasteiger partial charge < -0.3 is 10.6 Å². The van der Waals surface area contributed by atoms with E-state index in [1.165, 1.54) is 12.5 Å². The number of rotatable bonds is 5. The van der Waals surface area contributed by atoms with E-state index in [9.17, 15) is 9.59 Å². The molecule has 0 unspecified atom stereocenters. The third kappa shape index (κ3) is 4.46. The average Bonchev–Trinajstić information content (AvgIpc) is 2.89. The number of nitrogens with one attached hydrogen (secondary N) is 2. The van der Waals surface area contributed by atoms with Gasteiger partial charge in [0.2, 0.25) is 0 Å². The molecule has 0 aliphatic rings. The molecule has 0 saturated heterocycles. The van der Waals surface area contributed by atoms with Crippen LogP contribution < -0.4 is 10.6 Å². The molecular formula is C26H18N6O2. The summed E-state index contributed by atoms with van der Waals surface area (Å²) in [6.07, 6.45) is 6.11. The van der Waals surface area contributed by atoms with Crippen LogP contribution in [0.5, 0.6) is 0 Å². The zero-order chi connectivity index (χ0) is 23.3. The fraction of sp³-hybridized carbons (Fsp3) is 0. The first-order valence-corrected chi connectivity index (χ1v) is 10.5. The van der Waals surface area contributed by atoms with Crippen LogP contribution in [0.25, 0.3) is 22.2 Å². The van der Waals surface area contributed by atoms with Crippen molar-refractivity contribution in [2.45, 2.75) is 0 Å². The number of anilines is 2. The number of amides is 2. The van der Waals surface area contributed by atoms with E-state index in [1.54, 1.807) is 48.8 Å². The maximum absolute atomic E-state index is 12.9. The Morgan fingerprint density at radius 3 is 2.53 bits per heavy atom. The van der Waals surface area contributed by atoms with E-state index in [4.69, 9.17) is 0 Å². The molecule has 0 bridgehead atoms. The molecule has 3 aromatic heterocycles. The largest absolute Gasteiger partial charge is 0.322 e. The molecule has 2 amide bonds. The Morgan fingerprint density at radius 1 is 0.735 bits per heavy atom. The average molecular weight is 446 g/mol. The summed E-state index contributed by atoms with van der Waals surface area (Å²) < 4.78 is 0. The van der Waals surface area contributed by atoms with Crippen LogP contribution in [0.1, 0.15) is 20.7 Å². The van der Waals surface area contributed by atoms with Gasteiger partial charge in [-0.15, -0.1) is 0 Å². The molecule has 3 heterocycles.